The van der Waals surface area contributed by atoms with Gasteiger partial charge in [0.1, 0.15) is 0 Å². The van der Waals surface area contributed by atoms with Gasteiger partial charge in [-0.2, -0.15) is 0 Å². The molecule has 3 nitrogen and oxygen atoms in total. The lowest BCUT2D eigenvalue weighted by Gasteiger charge is -2.15. The molecule has 1 rings (SSSR count). The summed E-state index contributed by atoms with van der Waals surface area (Å²) in [6, 6.07) is 6.10. The molecule has 0 radical (unpaired) electrons. The maximum atomic E-state index is 4.34. The lowest BCUT2D eigenvalue weighted by Crippen LogP contribution is -2.20. The lowest BCUT2D eigenvalue weighted by atomic mass is 10.2. The van der Waals surface area contributed by atoms with Gasteiger partial charge in [0.2, 0.25) is 0 Å². The van der Waals surface area contributed by atoms with E-state index in [4.69, 9.17) is 0 Å². The summed E-state index contributed by atoms with van der Waals surface area (Å²) < 4.78 is 0. The Morgan fingerprint density at radius 2 is 2.12 bits per heavy atom. The van der Waals surface area contributed by atoms with E-state index < -0.39 is 0 Å². The van der Waals surface area contributed by atoms with Crippen molar-refractivity contribution in [3.8, 4) is 0 Å². The molecule has 1 N–H and O–H groups in total. The Morgan fingerprint density at radius 3 is 2.82 bits per heavy atom. The number of rotatable bonds is 9. The van der Waals surface area contributed by atoms with Crippen LogP contribution >= 0.6 is 0 Å². The molecule has 1 heterocycles. The summed E-state index contributed by atoms with van der Waals surface area (Å²) in [5.74, 6) is 0. The first-order valence-electron chi connectivity index (χ1n) is 6.62. The Bertz CT molecular complexity index is 274. The van der Waals surface area contributed by atoms with Crippen molar-refractivity contribution in [2.24, 2.45) is 0 Å². The highest BCUT2D eigenvalue weighted by atomic mass is 15.1. The van der Waals surface area contributed by atoms with E-state index in [9.17, 15) is 0 Å². The fraction of sp³-hybridized carbons (Fsp3) is 0.643. The van der Waals surface area contributed by atoms with Crippen molar-refractivity contribution in [1.82, 2.24) is 15.2 Å². The molecule has 17 heavy (non-hydrogen) atoms. The zero-order valence-electron chi connectivity index (χ0n) is 11.2. The van der Waals surface area contributed by atoms with Crippen LogP contribution in [0.5, 0.6) is 0 Å². The minimum atomic E-state index is 0.952. The molecule has 1 aromatic heterocycles. The molecular formula is C14H25N3. The van der Waals surface area contributed by atoms with Gasteiger partial charge in [-0.15, -0.1) is 0 Å². The molecule has 0 unspecified atom stereocenters. The van der Waals surface area contributed by atoms with Crippen molar-refractivity contribution in [1.29, 1.82) is 0 Å². The second-order valence-corrected chi connectivity index (χ2v) is 4.47. The van der Waals surface area contributed by atoms with Gasteiger partial charge in [-0.1, -0.05) is 19.4 Å². The SMILES string of the molecule is CCNCCCCCN(C)Cc1ccccn1. The van der Waals surface area contributed by atoms with Crippen LogP contribution in [0, 0.1) is 0 Å². The molecule has 0 aliphatic carbocycles. The second-order valence-electron chi connectivity index (χ2n) is 4.47. The van der Waals surface area contributed by atoms with Gasteiger partial charge in [0, 0.05) is 12.7 Å². The molecule has 3 heteroatoms. The first kappa shape index (κ1) is 14.1. The summed E-state index contributed by atoms with van der Waals surface area (Å²) in [7, 11) is 2.17. The van der Waals surface area contributed by atoms with Crippen LogP contribution in [0.1, 0.15) is 31.9 Å². The van der Waals surface area contributed by atoms with E-state index in [0.717, 1.165) is 31.9 Å². The summed E-state index contributed by atoms with van der Waals surface area (Å²) in [5.41, 5.74) is 1.16. The molecule has 0 atom stereocenters. The van der Waals surface area contributed by atoms with E-state index in [-0.39, 0.29) is 0 Å². The standard InChI is InChI=1S/C14H25N3/c1-3-15-10-6-4-8-12-17(2)13-14-9-5-7-11-16-14/h5,7,9,11,15H,3-4,6,8,10,12-13H2,1-2H3. The predicted molar refractivity (Wildman–Crippen MR) is 73.0 cm³/mol. The van der Waals surface area contributed by atoms with Crippen molar-refractivity contribution in [3.63, 3.8) is 0 Å². The number of hydrogen-bond donors (Lipinski definition) is 1. The maximum absolute atomic E-state index is 4.34. The Balaban J connectivity index is 2.03. The first-order valence-corrected chi connectivity index (χ1v) is 6.62. The summed E-state index contributed by atoms with van der Waals surface area (Å²) >= 11 is 0. The van der Waals surface area contributed by atoms with Gasteiger partial charge >= 0.3 is 0 Å². The quantitative estimate of drug-likeness (QED) is 0.666. The Kier molecular flexibility index (Phi) is 7.60. The van der Waals surface area contributed by atoms with Crippen molar-refractivity contribution in [2.75, 3.05) is 26.7 Å². The second kappa shape index (κ2) is 9.14. The van der Waals surface area contributed by atoms with Crippen LogP contribution in [0.2, 0.25) is 0 Å². The van der Waals surface area contributed by atoms with Crippen LogP contribution in [0.25, 0.3) is 0 Å². The molecule has 0 saturated carbocycles. The number of pyridine rings is 1. The molecule has 1 aromatic rings. The third-order valence-corrected chi connectivity index (χ3v) is 2.80. The van der Waals surface area contributed by atoms with Crippen LogP contribution < -0.4 is 5.32 Å². The number of hydrogen-bond acceptors (Lipinski definition) is 3. The third kappa shape index (κ3) is 7.08. The molecule has 0 spiro atoms. The molecular weight excluding hydrogens is 210 g/mol. The van der Waals surface area contributed by atoms with E-state index >= 15 is 0 Å². The van der Waals surface area contributed by atoms with Crippen molar-refractivity contribution in [3.05, 3.63) is 30.1 Å². The highest BCUT2D eigenvalue weighted by molar-refractivity contribution is 5.02. The number of unbranched alkanes of at least 4 members (excludes halogenated alkanes) is 2. The summed E-state index contributed by atoms with van der Waals surface area (Å²) in [6.07, 6.45) is 5.72. The van der Waals surface area contributed by atoms with E-state index in [2.05, 4.69) is 35.2 Å². The largest absolute Gasteiger partial charge is 0.317 e. The minimum absolute atomic E-state index is 0.952. The Hall–Kier alpha value is -0.930. The Labute approximate surface area is 105 Å². The molecule has 96 valence electrons. The van der Waals surface area contributed by atoms with E-state index in [1.54, 1.807) is 0 Å². The number of aromatic nitrogens is 1. The highest BCUT2D eigenvalue weighted by Gasteiger charge is 2.00. The number of nitrogens with one attached hydrogen (secondary N) is 1. The fourth-order valence-corrected chi connectivity index (χ4v) is 1.83. The lowest BCUT2D eigenvalue weighted by molar-refractivity contribution is 0.313. The molecule has 0 aliphatic heterocycles. The third-order valence-electron chi connectivity index (χ3n) is 2.80. The van der Waals surface area contributed by atoms with Gasteiger partial charge in [-0.25, -0.2) is 0 Å². The molecule has 0 saturated heterocycles. The van der Waals surface area contributed by atoms with E-state index in [1.807, 2.05) is 18.3 Å². The van der Waals surface area contributed by atoms with Crippen LogP contribution in [0.3, 0.4) is 0 Å². The minimum Gasteiger partial charge on any atom is -0.317 e. The fourth-order valence-electron chi connectivity index (χ4n) is 1.83. The monoisotopic (exact) mass is 235 g/mol. The van der Waals surface area contributed by atoms with Gasteiger partial charge in [-0.05, 0) is 51.7 Å². The molecule has 0 amide bonds. The molecule has 0 aliphatic rings. The highest BCUT2D eigenvalue weighted by Crippen LogP contribution is 2.01. The van der Waals surface area contributed by atoms with Gasteiger partial charge in [0.15, 0.2) is 0 Å². The van der Waals surface area contributed by atoms with E-state index in [1.165, 1.54) is 19.3 Å². The maximum Gasteiger partial charge on any atom is 0.0543 e. The van der Waals surface area contributed by atoms with Crippen LogP contribution in [0.4, 0.5) is 0 Å². The summed E-state index contributed by atoms with van der Waals surface area (Å²) in [5, 5.41) is 3.35. The van der Waals surface area contributed by atoms with E-state index in [0.29, 0.717) is 0 Å². The summed E-state index contributed by atoms with van der Waals surface area (Å²) in [6.45, 7) is 6.50. The summed E-state index contributed by atoms with van der Waals surface area (Å²) in [4.78, 5) is 6.68. The zero-order valence-corrected chi connectivity index (χ0v) is 11.2. The van der Waals surface area contributed by atoms with Crippen molar-refractivity contribution < 1.29 is 0 Å². The van der Waals surface area contributed by atoms with Gasteiger partial charge in [0.25, 0.3) is 0 Å². The Morgan fingerprint density at radius 1 is 1.24 bits per heavy atom. The molecule has 0 bridgehead atoms. The molecule has 0 aromatic carbocycles. The average molecular weight is 235 g/mol. The van der Waals surface area contributed by atoms with Crippen LogP contribution in [0.15, 0.2) is 24.4 Å². The van der Waals surface area contributed by atoms with Crippen LogP contribution in [-0.4, -0.2) is 36.6 Å². The van der Waals surface area contributed by atoms with Gasteiger partial charge in [0.05, 0.1) is 5.69 Å². The van der Waals surface area contributed by atoms with Crippen LogP contribution in [-0.2, 0) is 6.54 Å². The smallest absolute Gasteiger partial charge is 0.0543 e. The molecule has 0 fully saturated rings. The predicted octanol–water partition coefficient (Wildman–Crippen LogP) is 2.29. The normalized spacial score (nSPS) is 11.0. The van der Waals surface area contributed by atoms with Gasteiger partial charge < -0.3 is 10.2 Å². The van der Waals surface area contributed by atoms with Crippen molar-refractivity contribution in [2.45, 2.75) is 32.7 Å². The van der Waals surface area contributed by atoms with Crippen molar-refractivity contribution >= 4 is 0 Å². The topological polar surface area (TPSA) is 28.2 Å². The zero-order chi connectivity index (χ0) is 12.3. The first-order chi connectivity index (χ1) is 8.33. The number of nitrogens with zero attached hydrogens (tertiary/aromatic N) is 2. The average Bonchev–Trinajstić information content (AvgIpc) is 2.35. The van der Waals surface area contributed by atoms with Gasteiger partial charge in [-0.3, -0.25) is 4.98 Å².